The first kappa shape index (κ1) is 21.0. The van der Waals surface area contributed by atoms with Gasteiger partial charge in [0.05, 0.1) is 20.8 Å². The van der Waals surface area contributed by atoms with E-state index in [0.717, 1.165) is 28.2 Å². The van der Waals surface area contributed by atoms with Crippen molar-refractivity contribution in [3.05, 3.63) is 71.4 Å². The lowest BCUT2D eigenvalue weighted by Crippen LogP contribution is -2.54. The van der Waals surface area contributed by atoms with Gasteiger partial charge in [0.2, 0.25) is 5.91 Å². The molecule has 0 saturated carbocycles. The summed E-state index contributed by atoms with van der Waals surface area (Å²) in [7, 11) is 3.23. The topological polar surface area (TPSA) is 65.1 Å². The second kappa shape index (κ2) is 8.10. The van der Waals surface area contributed by atoms with E-state index in [2.05, 4.69) is 0 Å². The maximum absolute atomic E-state index is 13.7. The van der Waals surface area contributed by atoms with Gasteiger partial charge in [0.25, 0.3) is 0 Å². The first-order valence-electron chi connectivity index (χ1n) is 10.4. The number of hydrogen-bond acceptors (Lipinski definition) is 5. The summed E-state index contributed by atoms with van der Waals surface area (Å²) in [5, 5.41) is 0. The predicted octanol–water partition coefficient (Wildman–Crippen LogP) is 4.02. The fourth-order valence-electron chi connectivity index (χ4n) is 5.07. The quantitative estimate of drug-likeness (QED) is 0.659. The minimum atomic E-state index is -1.17. The summed E-state index contributed by atoms with van der Waals surface area (Å²) in [4.78, 5) is 28.4. The Hall–Kier alpha value is -3.28. The lowest BCUT2D eigenvalue weighted by atomic mass is 9.68. The summed E-state index contributed by atoms with van der Waals surface area (Å²) in [5.74, 6) is 0.323. The van der Waals surface area contributed by atoms with Gasteiger partial charge in [-0.2, -0.15) is 0 Å². The Labute approximate surface area is 182 Å². The third kappa shape index (κ3) is 3.17. The third-order valence-corrected chi connectivity index (χ3v) is 6.38. The first-order chi connectivity index (χ1) is 15.0. The Morgan fingerprint density at radius 1 is 1.00 bits per heavy atom. The number of methoxy groups -OCH3 is 2. The van der Waals surface area contributed by atoms with Gasteiger partial charge in [-0.05, 0) is 54.8 Å². The number of nitrogens with zero attached hydrogens (tertiary/aromatic N) is 1. The molecule has 3 atom stereocenters. The van der Waals surface area contributed by atoms with Crippen LogP contribution in [0.4, 0.5) is 0 Å². The van der Waals surface area contributed by atoms with Gasteiger partial charge in [-0.1, -0.05) is 24.3 Å². The molecule has 6 heteroatoms. The standard InChI is InChI=1S/C25H27NO5/c1-5-31-24(28)25-21(17-6-10-19(29-3)11-7-17)14-22(27)26(25)15-16(2)23(25)18-8-12-20(30-4)13-9-18/h6-13,15,21,23H,5,14H2,1-4H3/t21-,23-,25+/m0/s1. The lowest BCUT2D eigenvalue weighted by molar-refractivity contribution is -0.158. The van der Waals surface area contributed by atoms with Crippen LogP contribution >= 0.6 is 0 Å². The molecule has 6 nitrogen and oxygen atoms in total. The van der Waals surface area contributed by atoms with E-state index in [4.69, 9.17) is 14.2 Å². The molecule has 0 unspecified atom stereocenters. The fourth-order valence-corrected chi connectivity index (χ4v) is 5.07. The van der Waals surface area contributed by atoms with E-state index in [1.54, 1.807) is 26.0 Å². The summed E-state index contributed by atoms with van der Waals surface area (Å²) >= 11 is 0. The number of carbonyl (C=O) groups is 2. The van der Waals surface area contributed by atoms with Crippen molar-refractivity contribution in [3.63, 3.8) is 0 Å². The molecule has 1 saturated heterocycles. The van der Waals surface area contributed by atoms with Crippen LogP contribution in [0.2, 0.25) is 0 Å². The average molecular weight is 421 g/mol. The molecular formula is C25H27NO5. The fraction of sp³-hybridized carbons (Fsp3) is 0.360. The second-order valence-electron chi connectivity index (χ2n) is 7.92. The number of amides is 1. The van der Waals surface area contributed by atoms with E-state index in [1.807, 2.05) is 61.7 Å². The highest BCUT2D eigenvalue weighted by Crippen LogP contribution is 2.57. The van der Waals surface area contributed by atoms with Crippen LogP contribution in [0.15, 0.2) is 60.3 Å². The largest absolute Gasteiger partial charge is 0.497 e. The monoisotopic (exact) mass is 421 g/mol. The molecule has 2 aliphatic rings. The summed E-state index contributed by atoms with van der Waals surface area (Å²) in [5.41, 5.74) is 1.63. The average Bonchev–Trinajstić information content (AvgIpc) is 3.25. The minimum Gasteiger partial charge on any atom is -0.497 e. The molecule has 162 valence electrons. The highest BCUT2D eigenvalue weighted by molar-refractivity contribution is 5.97. The Balaban J connectivity index is 1.89. The minimum absolute atomic E-state index is 0.0794. The second-order valence-corrected chi connectivity index (χ2v) is 7.92. The van der Waals surface area contributed by atoms with Crippen LogP contribution in [0, 0.1) is 0 Å². The van der Waals surface area contributed by atoms with Gasteiger partial charge in [-0.15, -0.1) is 0 Å². The number of carbonyl (C=O) groups excluding carboxylic acids is 2. The van der Waals surface area contributed by atoms with Crippen LogP contribution in [-0.4, -0.2) is 43.1 Å². The molecule has 0 spiro atoms. The molecule has 1 fully saturated rings. The Kier molecular flexibility index (Phi) is 5.48. The number of esters is 1. The van der Waals surface area contributed by atoms with Crippen molar-refractivity contribution in [2.75, 3.05) is 20.8 Å². The molecule has 4 rings (SSSR count). The van der Waals surface area contributed by atoms with Crippen LogP contribution in [0.25, 0.3) is 0 Å². The van der Waals surface area contributed by atoms with Gasteiger partial charge in [0.1, 0.15) is 11.5 Å². The zero-order valence-electron chi connectivity index (χ0n) is 18.3. The van der Waals surface area contributed by atoms with Crippen LogP contribution in [0.1, 0.15) is 43.2 Å². The maximum Gasteiger partial charge on any atom is 0.334 e. The highest BCUT2D eigenvalue weighted by Gasteiger charge is 2.66. The summed E-state index contributed by atoms with van der Waals surface area (Å²) in [6, 6.07) is 15.3. The molecule has 2 aliphatic heterocycles. The number of ether oxygens (including phenoxy) is 3. The molecular weight excluding hydrogens is 394 g/mol. The lowest BCUT2D eigenvalue weighted by Gasteiger charge is -2.40. The molecule has 0 N–H and O–H groups in total. The predicted molar refractivity (Wildman–Crippen MR) is 116 cm³/mol. The van der Waals surface area contributed by atoms with E-state index in [0.29, 0.717) is 0 Å². The maximum atomic E-state index is 13.7. The number of benzene rings is 2. The van der Waals surface area contributed by atoms with Gasteiger partial charge < -0.3 is 19.1 Å². The van der Waals surface area contributed by atoms with Crippen LogP contribution in [0.5, 0.6) is 11.5 Å². The van der Waals surface area contributed by atoms with Gasteiger partial charge in [-0.3, -0.25) is 4.79 Å². The number of rotatable bonds is 6. The van der Waals surface area contributed by atoms with Crippen molar-refractivity contribution in [3.8, 4) is 11.5 Å². The van der Waals surface area contributed by atoms with E-state index in [9.17, 15) is 9.59 Å². The number of hydrogen-bond donors (Lipinski definition) is 0. The SMILES string of the molecule is CCOC(=O)[C@]12[C@H](c3ccc(OC)cc3)CC(=O)N1C=C(C)[C@H]2c1ccc(OC)cc1. The molecule has 2 heterocycles. The molecule has 0 radical (unpaired) electrons. The van der Waals surface area contributed by atoms with Crippen LogP contribution in [0.3, 0.4) is 0 Å². The van der Waals surface area contributed by atoms with E-state index >= 15 is 0 Å². The van der Waals surface area contributed by atoms with Crippen LogP contribution < -0.4 is 9.47 Å². The van der Waals surface area contributed by atoms with E-state index < -0.39 is 5.54 Å². The molecule has 2 aromatic carbocycles. The van der Waals surface area contributed by atoms with Crippen molar-refractivity contribution in [2.45, 2.75) is 37.6 Å². The van der Waals surface area contributed by atoms with Gasteiger partial charge in [0.15, 0.2) is 5.54 Å². The van der Waals surface area contributed by atoms with Crippen molar-refractivity contribution < 1.29 is 23.8 Å². The summed E-state index contributed by atoms with van der Waals surface area (Å²) < 4.78 is 16.2. The van der Waals surface area contributed by atoms with Crippen molar-refractivity contribution >= 4 is 11.9 Å². The summed E-state index contributed by atoms with van der Waals surface area (Å²) in [6.07, 6.45) is 2.05. The molecule has 2 aromatic rings. The number of fused-ring (bicyclic) bond motifs is 1. The Morgan fingerprint density at radius 2 is 1.55 bits per heavy atom. The summed E-state index contributed by atoms with van der Waals surface area (Å²) in [6.45, 7) is 3.99. The Bertz CT molecular complexity index is 1010. The normalized spacial score (nSPS) is 24.6. The molecule has 1 amide bonds. The Morgan fingerprint density at radius 3 is 2.06 bits per heavy atom. The zero-order valence-corrected chi connectivity index (χ0v) is 18.3. The van der Waals surface area contributed by atoms with Crippen molar-refractivity contribution in [1.29, 1.82) is 0 Å². The van der Waals surface area contributed by atoms with Crippen LogP contribution in [-0.2, 0) is 14.3 Å². The van der Waals surface area contributed by atoms with Crippen molar-refractivity contribution in [2.24, 2.45) is 0 Å². The van der Waals surface area contributed by atoms with Gasteiger partial charge in [0, 0.05) is 24.5 Å². The first-order valence-corrected chi connectivity index (χ1v) is 10.4. The molecule has 0 aromatic heterocycles. The molecule has 0 aliphatic carbocycles. The smallest absolute Gasteiger partial charge is 0.334 e. The van der Waals surface area contributed by atoms with Gasteiger partial charge in [-0.25, -0.2) is 4.79 Å². The van der Waals surface area contributed by atoms with Gasteiger partial charge >= 0.3 is 5.97 Å². The molecule has 31 heavy (non-hydrogen) atoms. The third-order valence-electron chi connectivity index (χ3n) is 6.38. The van der Waals surface area contributed by atoms with E-state index in [-0.39, 0.29) is 36.7 Å². The highest BCUT2D eigenvalue weighted by atomic mass is 16.5. The zero-order chi connectivity index (χ0) is 22.2. The van der Waals surface area contributed by atoms with Crippen molar-refractivity contribution in [1.82, 2.24) is 4.90 Å². The van der Waals surface area contributed by atoms with E-state index in [1.165, 1.54) is 0 Å². The molecule has 0 bridgehead atoms.